The van der Waals surface area contributed by atoms with Crippen LogP contribution in [0.3, 0.4) is 0 Å². The second kappa shape index (κ2) is 6.05. The van der Waals surface area contributed by atoms with Gasteiger partial charge in [0.15, 0.2) is 11.2 Å². The zero-order chi connectivity index (χ0) is 18.4. The van der Waals surface area contributed by atoms with Crippen LogP contribution in [0.5, 0.6) is 5.75 Å². The third-order valence-corrected chi connectivity index (χ3v) is 4.68. The number of anilines is 2. The van der Waals surface area contributed by atoms with E-state index in [0.29, 0.717) is 36.2 Å². The van der Waals surface area contributed by atoms with Gasteiger partial charge >= 0.3 is 5.69 Å². The van der Waals surface area contributed by atoms with Gasteiger partial charge in [-0.1, -0.05) is 6.92 Å². The van der Waals surface area contributed by atoms with E-state index < -0.39 is 11.2 Å². The molecule has 3 heterocycles. The van der Waals surface area contributed by atoms with Crippen LogP contribution in [-0.2, 0) is 13.6 Å². The lowest BCUT2D eigenvalue weighted by molar-refractivity contribution is 0.340. The highest BCUT2D eigenvalue weighted by Gasteiger charge is 2.28. The number of aromatic nitrogens is 4. The number of nitrogens with one attached hydrogen (secondary N) is 1. The Hall–Kier alpha value is -3.03. The van der Waals surface area contributed by atoms with Crippen molar-refractivity contribution in [3.63, 3.8) is 0 Å². The summed E-state index contributed by atoms with van der Waals surface area (Å²) in [5.41, 5.74) is 0.947. The fourth-order valence-corrected chi connectivity index (χ4v) is 3.47. The average molecular weight is 355 g/mol. The summed E-state index contributed by atoms with van der Waals surface area (Å²) in [6.45, 7) is 6.16. The number of ether oxygens (including phenoxy) is 1. The van der Waals surface area contributed by atoms with Gasteiger partial charge in [0.1, 0.15) is 5.75 Å². The predicted octanol–water partition coefficient (Wildman–Crippen LogP) is 1.61. The molecule has 2 aromatic heterocycles. The smallest absolute Gasteiger partial charge is 0.329 e. The van der Waals surface area contributed by atoms with Crippen molar-refractivity contribution in [2.75, 3.05) is 18.1 Å². The van der Waals surface area contributed by atoms with E-state index in [1.807, 2.05) is 35.8 Å². The Labute approximate surface area is 149 Å². The zero-order valence-electron chi connectivity index (χ0n) is 15.0. The molecule has 1 aromatic carbocycles. The molecule has 0 unspecified atom stereocenters. The number of fused-ring (bicyclic) bond motifs is 3. The molecule has 0 spiro atoms. The van der Waals surface area contributed by atoms with Crippen LogP contribution in [0.2, 0.25) is 0 Å². The van der Waals surface area contributed by atoms with E-state index >= 15 is 0 Å². The molecule has 1 aliphatic rings. The van der Waals surface area contributed by atoms with Gasteiger partial charge < -0.3 is 14.2 Å². The van der Waals surface area contributed by atoms with E-state index in [1.54, 1.807) is 7.05 Å². The molecule has 0 saturated heterocycles. The van der Waals surface area contributed by atoms with Crippen molar-refractivity contribution in [2.24, 2.45) is 13.0 Å². The van der Waals surface area contributed by atoms with E-state index in [9.17, 15) is 9.59 Å². The van der Waals surface area contributed by atoms with Crippen molar-refractivity contribution >= 4 is 22.8 Å². The first kappa shape index (κ1) is 16.4. The van der Waals surface area contributed by atoms with Gasteiger partial charge in [0.05, 0.1) is 6.61 Å². The first-order valence-electron chi connectivity index (χ1n) is 8.69. The van der Waals surface area contributed by atoms with Crippen LogP contribution in [0.1, 0.15) is 13.8 Å². The molecular weight excluding hydrogens is 334 g/mol. The molecule has 0 aliphatic carbocycles. The van der Waals surface area contributed by atoms with Crippen LogP contribution in [0.15, 0.2) is 33.9 Å². The lowest BCUT2D eigenvalue weighted by Crippen LogP contribution is -2.35. The number of nitrogens with zero attached hydrogens (tertiary/aromatic N) is 4. The van der Waals surface area contributed by atoms with Crippen LogP contribution >= 0.6 is 0 Å². The van der Waals surface area contributed by atoms with Crippen LogP contribution < -0.4 is 20.9 Å². The number of benzene rings is 1. The van der Waals surface area contributed by atoms with Gasteiger partial charge in [-0.15, -0.1) is 0 Å². The number of H-pyrrole nitrogens is 1. The first-order chi connectivity index (χ1) is 12.5. The lowest BCUT2D eigenvalue weighted by Gasteiger charge is -2.33. The highest BCUT2D eigenvalue weighted by molar-refractivity contribution is 5.77. The summed E-state index contributed by atoms with van der Waals surface area (Å²) in [4.78, 5) is 33.4. The molecule has 1 aliphatic heterocycles. The van der Waals surface area contributed by atoms with E-state index in [2.05, 4.69) is 21.8 Å². The molecule has 1 atom stereocenters. The predicted molar refractivity (Wildman–Crippen MR) is 99.4 cm³/mol. The summed E-state index contributed by atoms with van der Waals surface area (Å²) >= 11 is 0. The quantitative estimate of drug-likeness (QED) is 0.771. The summed E-state index contributed by atoms with van der Waals surface area (Å²) in [5.74, 6) is 1.81. The van der Waals surface area contributed by atoms with Crippen molar-refractivity contribution < 1.29 is 4.74 Å². The van der Waals surface area contributed by atoms with Crippen molar-refractivity contribution in [2.45, 2.75) is 20.4 Å². The Bertz CT molecular complexity index is 1080. The minimum absolute atomic E-state index is 0.322. The molecule has 4 rings (SSSR count). The number of aryl methyl sites for hydroxylation is 1. The molecule has 26 heavy (non-hydrogen) atoms. The van der Waals surface area contributed by atoms with E-state index in [-0.39, 0.29) is 0 Å². The maximum absolute atomic E-state index is 12.4. The molecule has 0 radical (unpaired) electrons. The van der Waals surface area contributed by atoms with Crippen molar-refractivity contribution in [1.82, 2.24) is 19.1 Å². The normalized spacial score (nSPS) is 16.7. The van der Waals surface area contributed by atoms with Crippen molar-refractivity contribution in [3.05, 3.63) is 45.1 Å². The summed E-state index contributed by atoms with van der Waals surface area (Å²) in [6, 6.07) is 7.81. The molecule has 8 nitrogen and oxygen atoms in total. The Morgan fingerprint density at radius 2 is 1.96 bits per heavy atom. The monoisotopic (exact) mass is 355 g/mol. The molecule has 0 fully saturated rings. The number of rotatable bonds is 3. The molecule has 0 bridgehead atoms. The molecule has 1 N–H and O–H groups in total. The van der Waals surface area contributed by atoms with Gasteiger partial charge in [-0.3, -0.25) is 14.3 Å². The minimum atomic E-state index is -0.460. The van der Waals surface area contributed by atoms with E-state index in [4.69, 9.17) is 4.74 Å². The van der Waals surface area contributed by atoms with Gasteiger partial charge in [0.25, 0.3) is 5.56 Å². The highest BCUT2D eigenvalue weighted by atomic mass is 16.5. The van der Waals surface area contributed by atoms with Gasteiger partial charge in [-0.25, -0.2) is 4.79 Å². The Balaban J connectivity index is 1.89. The standard InChI is InChI=1S/C18H21N5O3/c1-4-26-13-7-5-12(6-8-13)22-9-11(2)10-23-14-15(19-17(22)23)21(3)18(25)20-16(14)24/h5-8,11H,4,9-10H2,1-3H3,(H,20,24,25)/t11-/m0/s1. The average Bonchev–Trinajstić information content (AvgIpc) is 3.00. The molecule has 136 valence electrons. The highest BCUT2D eigenvalue weighted by Crippen LogP contribution is 2.33. The van der Waals surface area contributed by atoms with Gasteiger partial charge in [-0.2, -0.15) is 4.98 Å². The second-order valence-electron chi connectivity index (χ2n) is 6.66. The maximum atomic E-state index is 12.4. The van der Waals surface area contributed by atoms with Crippen LogP contribution in [0.4, 0.5) is 11.6 Å². The Kier molecular flexibility index (Phi) is 3.82. The molecule has 3 aromatic rings. The van der Waals surface area contributed by atoms with Gasteiger partial charge in [0.2, 0.25) is 5.95 Å². The van der Waals surface area contributed by atoms with Crippen molar-refractivity contribution in [3.8, 4) is 5.75 Å². The summed E-state index contributed by atoms with van der Waals surface area (Å²) in [6.07, 6.45) is 0. The third-order valence-electron chi connectivity index (χ3n) is 4.68. The lowest BCUT2D eigenvalue weighted by atomic mass is 10.1. The largest absolute Gasteiger partial charge is 0.494 e. The Morgan fingerprint density at radius 3 is 2.65 bits per heavy atom. The van der Waals surface area contributed by atoms with Crippen molar-refractivity contribution in [1.29, 1.82) is 0 Å². The van der Waals surface area contributed by atoms with Crippen LogP contribution in [0, 0.1) is 5.92 Å². The number of hydrogen-bond donors (Lipinski definition) is 1. The molecule has 0 amide bonds. The van der Waals surface area contributed by atoms with E-state index in [0.717, 1.165) is 18.0 Å². The molecule has 0 saturated carbocycles. The number of aromatic amines is 1. The minimum Gasteiger partial charge on any atom is -0.494 e. The molecule has 8 heteroatoms. The molecular formula is C18H21N5O3. The van der Waals surface area contributed by atoms with Gasteiger partial charge in [0, 0.05) is 25.8 Å². The topological polar surface area (TPSA) is 85.2 Å². The summed E-state index contributed by atoms with van der Waals surface area (Å²) < 4.78 is 8.79. The third kappa shape index (κ3) is 2.49. The fraction of sp³-hybridized carbons (Fsp3) is 0.389. The van der Waals surface area contributed by atoms with E-state index in [1.165, 1.54) is 4.57 Å². The summed E-state index contributed by atoms with van der Waals surface area (Å²) in [5, 5.41) is 0. The zero-order valence-corrected chi connectivity index (χ0v) is 15.0. The number of hydrogen-bond acceptors (Lipinski definition) is 5. The first-order valence-corrected chi connectivity index (χ1v) is 8.69. The maximum Gasteiger partial charge on any atom is 0.329 e. The van der Waals surface area contributed by atoms with Crippen LogP contribution in [0.25, 0.3) is 11.2 Å². The van der Waals surface area contributed by atoms with Crippen LogP contribution in [-0.4, -0.2) is 32.3 Å². The fourth-order valence-electron chi connectivity index (χ4n) is 3.47. The Morgan fingerprint density at radius 1 is 1.23 bits per heavy atom. The van der Waals surface area contributed by atoms with Gasteiger partial charge in [-0.05, 0) is 37.1 Å². The number of imidazole rings is 1. The second-order valence-corrected chi connectivity index (χ2v) is 6.66. The summed E-state index contributed by atoms with van der Waals surface area (Å²) in [7, 11) is 1.62. The SMILES string of the molecule is CCOc1ccc(N2C[C@H](C)Cn3c2nc2c3c(=O)[nH]c(=O)n2C)cc1.